The number of thioether (sulfide) groups is 1. The Kier molecular flexibility index (Phi) is 3.89. The SMILES string of the molecule is ClC(Cl)(Cl)c1cccc(C2(C3=NCCS3)C=CC=N2)c1. The fraction of sp³-hybridized carbons (Fsp3) is 0.286. The number of rotatable bonds is 2. The summed E-state index contributed by atoms with van der Waals surface area (Å²) < 4.78 is -1.44. The van der Waals surface area contributed by atoms with Gasteiger partial charge in [0.15, 0.2) is 5.54 Å². The molecular formula is C14H11Cl3N2S. The average Bonchev–Trinajstić information content (AvgIpc) is 3.10. The standard InChI is InChI=1S/C14H11Cl3N2S/c15-14(16,17)11-4-1-3-10(9-11)13(5-2-6-19-13)12-18-7-8-20-12/h1-6,9H,7-8H2. The summed E-state index contributed by atoms with van der Waals surface area (Å²) in [6, 6.07) is 7.57. The van der Waals surface area contributed by atoms with Gasteiger partial charge >= 0.3 is 0 Å². The molecule has 20 heavy (non-hydrogen) atoms. The van der Waals surface area contributed by atoms with Crippen LogP contribution in [0.2, 0.25) is 0 Å². The van der Waals surface area contributed by atoms with E-state index in [0.29, 0.717) is 5.56 Å². The molecule has 0 radical (unpaired) electrons. The molecule has 2 nitrogen and oxygen atoms in total. The van der Waals surface area contributed by atoms with Crippen LogP contribution in [-0.2, 0) is 9.33 Å². The predicted molar refractivity (Wildman–Crippen MR) is 89.7 cm³/mol. The molecule has 1 aromatic rings. The smallest absolute Gasteiger partial charge is 0.216 e. The zero-order valence-corrected chi connectivity index (χ0v) is 13.5. The Morgan fingerprint density at radius 1 is 1.25 bits per heavy atom. The molecule has 1 unspecified atom stereocenters. The maximum atomic E-state index is 5.98. The van der Waals surface area contributed by atoms with E-state index >= 15 is 0 Å². The van der Waals surface area contributed by atoms with Gasteiger partial charge in [-0.1, -0.05) is 53.0 Å². The number of allylic oxidation sites excluding steroid dienone is 1. The molecule has 0 spiro atoms. The molecule has 0 saturated heterocycles. The minimum Gasteiger partial charge on any atom is -0.279 e. The van der Waals surface area contributed by atoms with Crippen molar-refractivity contribution in [3.05, 3.63) is 47.5 Å². The van der Waals surface area contributed by atoms with Crippen LogP contribution in [0.25, 0.3) is 0 Å². The number of alkyl halides is 3. The lowest BCUT2D eigenvalue weighted by Crippen LogP contribution is -2.28. The van der Waals surface area contributed by atoms with Gasteiger partial charge in [-0.05, 0) is 23.8 Å². The first-order chi connectivity index (χ1) is 9.52. The van der Waals surface area contributed by atoms with Crippen molar-refractivity contribution >= 4 is 57.8 Å². The van der Waals surface area contributed by atoms with E-state index in [9.17, 15) is 0 Å². The number of hydrogen-bond donors (Lipinski definition) is 0. The van der Waals surface area contributed by atoms with Gasteiger partial charge in [-0.15, -0.1) is 11.8 Å². The van der Waals surface area contributed by atoms with Crippen molar-refractivity contribution in [2.75, 3.05) is 12.3 Å². The van der Waals surface area contributed by atoms with Crippen LogP contribution in [0, 0.1) is 0 Å². The predicted octanol–water partition coefficient (Wildman–Crippen LogP) is 4.49. The molecule has 0 N–H and O–H groups in total. The van der Waals surface area contributed by atoms with E-state index in [2.05, 4.69) is 9.98 Å². The van der Waals surface area contributed by atoms with Gasteiger partial charge in [0.25, 0.3) is 0 Å². The average molecular weight is 346 g/mol. The van der Waals surface area contributed by atoms with Crippen LogP contribution in [-0.4, -0.2) is 23.6 Å². The van der Waals surface area contributed by atoms with Gasteiger partial charge in [-0.3, -0.25) is 9.98 Å². The van der Waals surface area contributed by atoms with Crippen LogP contribution in [0.15, 0.2) is 46.4 Å². The van der Waals surface area contributed by atoms with Crippen molar-refractivity contribution in [3.63, 3.8) is 0 Å². The number of benzene rings is 1. The Bertz CT molecular complexity index is 605. The molecule has 0 amide bonds. The van der Waals surface area contributed by atoms with Gasteiger partial charge < -0.3 is 0 Å². The number of aliphatic imine (C=N–C) groups is 2. The molecular weight excluding hydrogens is 335 g/mol. The molecule has 3 rings (SSSR count). The van der Waals surface area contributed by atoms with E-state index in [0.717, 1.165) is 22.9 Å². The van der Waals surface area contributed by atoms with Crippen molar-refractivity contribution in [2.24, 2.45) is 9.98 Å². The summed E-state index contributed by atoms with van der Waals surface area (Å²) in [6.07, 6.45) is 5.77. The molecule has 0 aromatic heterocycles. The lowest BCUT2D eigenvalue weighted by atomic mass is 9.91. The summed E-state index contributed by atoms with van der Waals surface area (Å²) in [5, 5.41) is 1.00. The second-order valence-corrected chi connectivity index (χ2v) is 7.88. The zero-order valence-electron chi connectivity index (χ0n) is 10.4. The maximum Gasteiger partial charge on any atom is 0.216 e. The fourth-order valence-electron chi connectivity index (χ4n) is 2.30. The molecule has 1 aromatic carbocycles. The summed E-state index contributed by atoms with van der Waals surface area (Å²) in [5.74, 6) is 0.991. The second-order valence-electron chi connectivity index (χ2n) is 4.52. The zero-order chi connectivity index (χ0) is 14.2. The van der Waals surface area contributed by atoms with E-state index < -0.39 is 9.33 Å². The highest BCUT2D eigenvalue weighted by atomic mass is 35.6. The molecule has 1 atom stereocenters. The van der Waals surface area contributed by atoms with Crippen LogP contribution in [0.5, 0.6) is 0 Å². The Morgan fingerprint density at radius 2 is 2.10 bits per heavy atom. The largest absolute Gasteiger partial charge is 0.279 e. The summed E-state index contributed by atoms with van der Waals surface area (Å²) in [6.45, 7) is 0.829. The lowest BCUT2D eigenvalue weighted by Gasteiger charge is -2.26. The lowest BCUT2D eigenvalue weighted by molar-refractivity contribution is 0.790. The van der Waals surface area contributed by atoms with Gasteiger partial charge in [-0.2, -0.15) is 0 Å². The molecule has 2 aliphatic heterocycles. The third-order valence-corrected chi connectivity index (χ3v) is 5.00. The molecule has 0 saturated carbocycles. The molecule has 2 aliphatic rings. The van der Waals surface area contributed by atoms with Crippen molar-refractivity contribution in [3.8, 4) is 0 Å². The van der Waals surface area contributed by atoms with Gasteiger partial charge in [0.1, 0.15) is 5.04 Å². The molecule has 104 valence electrons. The Balaban J connectivity index is 2.10. The highest BCUT2D eigenvalue weighted by Crippen LogP contribution is 2.42. The van der Waals surface area contributed by atoms with Crippen LogP contribution in [0.3, 0.4) is 0 Å². The van der Waals surface area contributed by atoms with Gasteiger partial charge in [-0.25, -0.2) is 0 Å². The van der Waals surface area contributed by atoms with Crippen LogP contribution < -0.4 is 0 Å². The topological polar surface area (TPSA) is 24.7 Å². The third kappa shape index (κ3) is 2.52. The van der Waals surface area contributed by atoms with Crippen LogP contribution in [0.4, 0.5) is 0 Å². The number of nitrogens with zero attached hydrogens (tertiary/aromatic N) is 2. The maximum absolute atomic E-state index is 5.98. The molecule has 6 heteroatoms. The van der Waals surface area contributed by atoms with Gasteiger partial charge in [0, 0.05) is 24.1 Å². The van der Waals surface area contributed by atoms with Crippen molar-refractivity contribution < 1.29 is 0 Å². The number of hydrogen-bond acceptors (Lipinski definition) is 3. The highest BCUT2D eigenvalue weighted by Gasteiger charge is 2.38. The second kappa shape index (κ2) is 5.38. The van der Waals surface area contributed by atoms with E-state index in [1.165, 1.54) is 0 Å². The van der Waals surface area contributed by atoms with E-state index in [1.807, 2.05) is 30.4 Å². The first-order valence-corrected chi connectivity index (χ1v) is 8.23. The Hall–Kier alpha value is -0.480. The first-order valence-electron chi connectivity index (χ1n) is 6.11. The van der Waals surface area contributed by atoms with Crippen molar-refractivity contribution in [2.45, 2.75) is 9.33 Å². The summed E-state index contributed by atoms with van der Waals surface area (Å²) in [7, 11) is 0. The van der Waals surface area contributed by atoms with Crippen LogP contribution in [0.1, 0.15) is 11.1 Å². The minimum absolute atomic E-state index is 0.549. The minimum atomic E-state index is -1.44. The molecule has 0 fully saturated rings. The highest BCUT2D eigenvalue weighted by molar-refractivity contribution is 8.14. The van der Waals surface area contributed by atoms with E-state index in [4.69, 9.17) is 34.8 Å². The van der Waals surface area contributed by atoms with E-state index in [1.54, 1.807) is 24.0 Å². The summed E-state index contributed by atoms with van der Waals surface area (Å²) in [4.78, 5) is 9.20. The third-order valence-electron chi connectivity index (χ3n) is 3.24. The molecule has 2 heterocycles. The Morgan fingerprint density at radius 3 is 2.70 bits per heavy atom. The van der Waals surface area contributed by atoms with Crippen LogP contribution >= 0.6 is 46.6 Å². The number of halogens is 3. The van der Waals surface area contributed by atoms with Gasteiger partial charge in [0.2, 0.25) is 3.79 Å². The van der Waals surface area contributed by atoms with E-state index in [-0.39, 0.29) is 0 Å². The normalized spacial score (nSPS) is 25.2. The quantitative estimate of drug-likeness (QED) is 0.725. The molecule has 0 aliphatic carbocycles. The van der Waals surface area contributed by atoms with Crippen molar-refractivity contribution in [1.82, 2.24) is 0 Å². The van der Waals surface area contributed by atoms with Crippen molar-refractivity contribution in [1.29, 1.82) is 0 Å². The monoisotopic (exact) mass is 344 g/mol. The summed E-state index contributed by atoms with van der Waals surface area (Å²) >= 11 is 19.7. The molecule has 0 bridgehead atoms. The Labute approximate surface area is 136 Å². The fourth-order valence-corrected chi connectivity index (χ4v) is 3.67. The summed E-state index contributed by atoms with van der Waals surface area (Å²) in [5.41, 5.74) is 1.06. The van der Waals surface area contributed by atoms with Gasteiger partial charge in [0.05, 0.1) is 0 Å². The first kappa shape index (κ1) is 14.5.